The molecule has 2 nitrogen and oxygen atoms in total. The molecule has 16 heavy (non-hydrogen) atoms. The lowest BCUT2D eigenvalue weighted by Crippen LogP contribution is -2.22. The Labute approximate surface area is 89.8 Å². The van der Waals surface area contributed by atoms with Gasteiger partial charge in [-0.2, -0.15) is 13.2 Å². The third-order valence-corrected chi connectivity index (χ3v) is 1.83. The van der Waals surface area contributed by atoms with Crippen molar-refractivity contribution in [1.82, 2.24) is 0 Å². The molecule has 0 aliphatic heterocycles. The zero-order valence-corrected chi connectivity index (χ0v) is 8.42. The highest BCUT2D eigenvalue weighted by Gasteiger charge is 2.40. The maximum atomic E-state index is 12.6. The van der Waals surface area contributed by atoms with Gasteiger partial charge in [0, 0.05) is 0 Å². The van der Waals surface area contributed by atoms with E-state index in [1.807, 2.05) is 0 Å². The first kappa shape index (κ1) is 12.5. The van der Waals surface area contributed by atoms with Gasteiger partial charge in [-0.25, -0.2) is 4.39 Å². The minimum Gasteiger partial charge on any atom is -0.388 e. The molecule has 0 saturated heterocycles. The van der Waals surface area contributed by atoms with E-state index in [0.717, 1.165) is 24.3 Å². The number of alkyl halides is 3. The van der Waals surface area contributed by atoms with E-state index in [1.54, 1.807) is 0 Å². The highest BCUT2D eigenvalue weighted by Crippen LogP contribution is 2.35. The lowest BCUT2D eigenvalue weighted by Gasteiger charge is -2.17. The second kappa shape index (κ2) is 4.51. The molecule has 0 aliphatic carbocycles. The van der Waals surface area contributed by atoms with Gasteiger partial charge in [0.2, 0.25) is 0 Å². The molecule has 0 aliphatic rings. The number of aliphatic imine (C=N–C) groups is 1. The van der Waals surface area contributed by atoms with Gasteiger partial charge >= 0.3 is 6.18 Å². The van der Waals surface area contributed by atoms with Crippen LogP contribution < -0.4 is 5.73 Å². The number of halogens is 4. The molecule has 6 heteroatoms. The Hall–Kier alpha value is -1.59. The predicted octanol–water partition coefficient (Wildman–Crippen LogP) is 2.81. The molecule has 0 fully saturated rings. The topological polar surface area (TPSA) is 38.4 Å². The molecule has 1 rings (SSSR count). The molecule has 2 N–H and O–H groups in total. The second-order valence-corrected chi connectivity index (χ2v) is 3.27. The molecule has 1 aromatic rings. The number of hydrogen-bond donors (Lipinski definition) is 1. The number of benzene rings is 1. The first-order valence-corrected chi connectivity index (χ1v) is 4.43. The molecule has 0 spiro atoms. The summed E-state index contributed by atoms with van der Waals surface area (Å²) in [5.41, 5.74) is 4.99. The fourth-order valence-corrected chi connectivity index (χ4v) is 1.19. The Balaban J connectivity index is 3.12. The number of amidine groups is 1. The Morgan fingerprint density at radius 2 is 1.75 bits per heavy atom. The van der Waals surface area contributed by atoms with Crippen LogP contribution in [0.2, 0.25) is 0 Å². The Morgan fingerprint density at radius 1 is 1.25 bits per heavy atom. The van der Waals surface area contributed by atoms with Gasteiger partial charge < -0.3 is 5.73 Å². The quantitative estimate of drug-likeness (QED) is 0.477. The predicted molar refractivity (Wildman–Crippen MR) is 52.5 cm³/mol. The summed E-state index contributed by atoms with van der Waals surface area (Å²) in [7, 11) is 0. The van der Waals surface area contributed by atoms with Crippen LogP contribution in [0.3, 0.4) is 0 Å². The van der Waals surface area contributed by atoms with Crippen molar-refractivity contribution in [3.8, 4) is 0 Å². The van der Waals surface area contributed by atoms with E-state index in [1.165, 1.54) is 6.92 Å². The van der Waals surface area contributed by atoms with E-state index >= 15 is 0 Å². The molecule has 88 valence electrons. The standard InChI is InChI=1S/C10H10F4N2/c1-6(15)16-9(10(12,13)14)7-2-4-8(11)5-3-7/h2-5,9H,1H3,(H2,15,16)/t9-/m1/s1. The van der Waals surface area contributed by atoms with Crippen molar-refractivity contribution in [1.29, 1.82) is 0 Å². The van der Waals surface area contributed by atoms with Crippen LogP contribution in [0, 0.1) is 5.82 Å². The van der Waals surface area contributed by atoms with Gasteiger partial charge in [0.1, 0.15) is 5.82 Å². The van der Waals surface area contributed by atoms with Crippen LogP contribution in [-0.2, 0) is 0 Å². The molecule has 0 aromatic heterocycles. The van der Waals surface area contributed by atoms with Crippen LogP contribution in [0.4, 0.5) is 17.6 Å². The first-order valence-electron chi connectivity index (χ1n) is 4.43. The van der Waals surface area contributed by atoms with Crippen LogP contribution in [-0.4, -0.2) is 12.0 Å². The fourth-order valence-electron chi connectivity index (χ4n) is 1.19. The second-order valence-electron chi connectivity index (χ2n) is 3.27. The summed E-state index contributed by atoms with van der Waals surface area (Å²) >= 11 is 0. The largest absolute Gasteiger partial charge is 0.415 e. The average Bonchev–Trinajstić information content (AvgIpc) is 2.14. The smallest absolute Gasteiger partial charge is 0.388 e. The highest BCUT2D eigenvalue weighted by atomic mass is 19.4. The van der Waals surface area contributed by atoms with Crippen molar-refractivity contribution < 1.29 is 17.6 Å². The Bertz CT molecular complexity index is 377. The highest BCUT2D eigenvalue weighted by molar-refractivity contribution is 5.77. The fraction of sp³-hybridized carbons (Fsp3) is 0.300. The molecule has 1 aromatic carbocycles. The molecule has 1 atom stereocenters. The minimum atomic E-state index is -4.54. The summed E-state index contributed by atoms with van der Waals surface area (Å²) in [6.07, 6.45) is -4.54. The van der Waals surface area contributed by atoms with E-state index in [4.69, 9.17) is 5.73 Å². The maximum absolute atomic E-state index is 12.6. The van der Waals surface area contributed by atoms with E-state index in [9.17, 15) is 17.6 Å². The van der Waals surface area contributed by atoms with Gasteiger partial charge in [0.15, 0.2) is 6.04 Å². The average molecular weight is 234 g/mol. The van der Waals surface area contributed by atoms with Crippen molar-refractivity contribution in [2.45, 2.75) is 19.1 Å². The first-order chi connectivity index (χ1) is 7.30. The number of hydrogen-bond acceptors (Lipinski definition) is 1. The van der Waals surface area contributed by atoms with Gasteiger partial charge in [-0.05, 0) is 24.6 Å². The lowest BCUT2D eigenvalue weighted by molar-refractivity contribution is -0.148. The van der Waals surface area contributed by atoms with Gasteiger partial charge in [-0.1, -0.05) is 12.1 Å². The maximum Gasteiger partial charge on any atom is 0.415 e. The monoisotopic (exact) mass is 234 g/mol. The SMILES string of the molecule is CC(N)=N[C@H](c1ccc(F)cc1)C(F)(F)F. The van der Waals surface area contributed by atoms with Gasteiger partial charge in [-0.15, -0.1) is 0 Å². The molecular weight excluding hydrogens is 224 g/mol. The zero-order chi connectivity index (χ0) is 12.3. The van der Waals surface area contributed by atoms with Crippen molar-refractivity contribution in [3.63, 3.8) is 0 Å². The van der Waals surface area contributed by atoms with E-state index < -0.39 is 18.0 Å². The summed E-state index contributed by atoms with van der Waals surface area (Å²) in [5, 5.41) is 0. The molecule has 0 unspecified atom stereocenters. The van der Waals surface area contributed by atoms with E-state index in [0.29, 0.717) is 0 Å². The van der Waals surface area contributed by atoms with Crippen molar-refractivity contribution in [2.24, 2.45) is 10.7 Å². The summed E-state index contributed by atoms with van der Waals surface area (Å²) < 4.78 is 50.4. The summed E-state index contributed by atoms with van der Waals surface area (Å²) in [5.74, 6) is -0.773. The van der Waals surface area contributed by atoms with Crippen LogP contribution >= 0.6 is 0 Å². The summed E-state index contributed by atoms with van der Waals surface area (Å²) in [4.78, 5) is 3.30. The summed E-state index contributed by atoms with van der Waals surface area (Å²) in [6.45, 7) is 1.27. The number of nitrogens with two attached hydrogens (primary N) is 1. The third kappa shape index (κ3) is 3.22. The van der Waals surface area contributed by atoms with Gasteiger partial charge in [0.05, 0.1) is 5.84 Å². The van der Waals surface area contributed by atoms with Gasteiger partial charge in [0.25, 0.3) is 0 Å². The lowest BCUT2D eigenvalue weighted by atomic mass is 10.1. The van der Waals surface area contributed by atoms with E-state index in [2.05, 4.69) is 4.99 Å². The molecule has 0 heterocycles. The number of nitrogens with zero attached hydrogens (tertiary/aromatic N) is 1. The van der Waals surface area contributed by atoms with Crippen LogP contribution in [0.5, 0.6) is 0 Å². The zero-order valence-electron chi connectivity index (χ0n) is 8.42. The third-order valence-electron chi connectivity index (χ3n) is 1.83. The molecular formula is C10H10F4N2. The van der Waals surface area contributed by atoms with Crippen LogP contribution in [0.25, 0.3) is 0 Å². The molecule has 0 bridgehead atoms. The normalized spacial score (nSPS) is 14.9. The minimum absolute atomic E-state index is 0.140. The Morgan fingerprint density at radius 3 is 2.12 bits per heavy atom. The number of rotatable bonds is 2. The van der Waals surface area contributed by atoms with E-state index in [-0.39, 0.29) is 11.4 Å². The summed E-state index contributed by atoms with van der Waals surface area (Å²) in [6, 6.07) is 1.95. The Kier molecular flexibility index (Phi) is 3.51. The van der Waals surface area contributed by atoms with Crippen molar-refractivity contribution >= 4 is 5.84 Å². The van der Waals surface area contributed by atoms with Crippen molar-refractivity contribution in [2.75, 3.05) is 0 Å². The van der Waals surface area contributed by atoms with Crippen LogP contribution in [0.1, 0.15) is 18.5 Å². The molecule has 0 saturated carbocycles. The van der Waals surface area contributed by atoms with Crippen LogP contribution in [0.15, 0.2) is 29.3 Å². The van der Waals surface area contributed by atoms with Crippen molar-refractivity contribution in [3.05, 3.63) is 35.6 Å². The molecule has 0 radical (unpaired) electrons. The molecule has 0 amide bonds. The van der Waals surface area contributed by atoms with Gasteiger partial charge in [-0.3, -0.25) is 4.99 Å².